The van der Waals surface area contributed by atoms with Crippen molar-refractivity contribution in [2.45, 2.75) is 161 Å². The molecule has 0 bridgehead atoms. The molecule has 14 N–H and O–H groups in total. The van der Waals surface area contributed by atoms with E-state index in [9.17, 15) is 95.5 Å². The van der Waals surface area contributed by atoms with Gasteiger partial charge in [0.1, 0.15) is 129 Å². The Kier molecular flexibility index (Phi) is 25.3. The summed E-state index contributed by atoms with van der Waals surface area (Å²) in [5.74, 6) is -9.18. The lowest BCUT2D eigenvalue weighted by molar-refractivity contribution is -0.423. The van der Waals surface area contributed by atoms with Gasteiger partial charge < -0.3 is 143 Å². The monoisotopic (exact) mass is 1340 g/mol. The van der Waals surface area contributed by atoms with E-state index < -0.39 is 216 Å². The number of hydrogen-bond donors (Lipinski definition) is 14. The number of phenols is 2. The van der Waals surface area contributed by atoms with E-state index in [1.807, 2.05) is 0 Å². The van der Waals surface area contributed by atoms with E-state index in [-0.39, 0.29) is 28.4 Å². The van der Waals surface area contributed by atoms with Gasteiger partial charge in [0, 0.05) is 26.0 Å². The fourth-order valence-electron chi connectivity index (χ4n) is 10.5. The highest BCUT2D eigenvalue weighted by Gasteiger charge is 2.64. The smallest absolute Gasteiger partial charge is 0.338 e. The van der Waals surface area contributed by atoms with Crippen molar-refractivity contribution in [3.63, 3.8) is 0 Å². The topological polar surface area (TPSA) is 507 Å². The molecule has 3 aromatic rings. The van der Waals surface area contributed by atoms with E-state index in [2.05, 4.69) is 0 Å². The fourth-order valence-corrected chi connectivity index (χ4v) is 10.5. The first-order valence-corrected chi connectivity index (χ1v) is 29.1. The predicted octanol–water partition coefficient (Wildman–Crippen LogP) is -4.97. The van der Waals surface area contributed by atoms with Crippen LogP contribution in [0.3, 0.4) is 0 Å². The number of benzene rings is 3. The van der Waals surface area contributed by atoms with E-state index in [0.29, 0.717) is 5.56 Å². The van der Waals surface area contributed by atoms with Crippen LogP contribution in [0.4, 0.5) is 0 Å². The number of carbonyl (C=O) groups is 5. The lowest BCUT2D eigenvalue weighted by Gasteiger charge is -2.51. The summed E-state index contributed by atoms with van der Waals surface area (Å²) in [5, 5.41) is 153. The van der Waals surface area contributed by atoms with Crippen LogP contribution in [0.1, 0.15) is 35.3 Å². The zero-order valence-corrected chi connectivity index (χ0v) is 50.2. The molecule has 8 rings (SSSR count). The minimum atomic E-state index is -3.00. The van der Waals surface area contributed by atoms with Gasteiger partial charge in [0.2, 0.25) is 5.79 Å². The number of methoxy groups -OCH3 is 1. The molecule has 5 heterocycles. The minimum Gasteiger partial charge on any atom is -0.508 e. The molecule has 5 saturated heterocycles. The molecule has 0 spiro atoms. The first-order valence-electron chi connectivity index (χ1n) is 29.1. The van der Waals surface area contributed by atoms with Gasteiger partial charge in [0.05, 0.1) is 32.5 Å². The Morgan fingerprint density at radius 3 is 1.56 bits per heavy atom. The van der Waals surface area contributed by atoms with E-state index in [1.165, 1.54) is 86.0 Å². The first kappa shape index (κ1) is 72.9. The lowest BCUT2D eigenvalue weighted by atomic mass is 9.95. The minimum absolute atomic E-state index is 0.0365. The average Bonchev–Trinajstić information content (AvgIpc) is 1.34. The predicted molar refractivity (Wildman–Crippen MR) is 304 cm³/mol. The van der Waals surface area contributed by atoms with Gasteiger partial charge in [0.25, 0.3) is 0 Å². The molecule has 518 valence electrons. The number of aromatic hydroxyl groups is 2. The summed E-state index contributed by atoms with van der Waals surface area (Å²) in [6, 6.07) is 16.4. The van der Waals surface area contributed by atoms with Crippen LogP contribution >= 0.6 is 0 Å². The molecule has 5 aliphatic rings. The summed E-state index contributed by atoms with van der Waals surface area (Å²) < 4.78 is 89.0. The van der Waals surface area contributed by atoms with Crippen molar-refractivity contribution in [3.05, 3.63) is 102 Å². The van der Waals surface area contributed by atoms with Crippen LogP contribution in [0.5, 0.6) is 17.2 Å². The SMILES string of the molecule is COc1cc(/C=C/C(=O)O[C@H]2[C@H](O[C@@H]3O[C@H](COC(C)=O)[C@@H](O[C@@H]4O[C@H](CO)[C@@H](O)[C@H](O)[C@H]4O)[C@H](O)[C@H]3O)[C@@H](O[C@@H]3O[C@H](CO)[C@@H](O)[C@H](O)[C@H]3O)[C@@H](O[C@]3(COC(=O)/C=C/c4ccc(O)cc4)O[C@H](CO)[C@@H](O)[C@@H]3OC(=O)c3ccccc3)O[C@@H]2COC(C)=O)ccc1O. The highest BCUT2D eigenvalue weighted by Crippen LogP contribution is 2.43. The molecule has 0 aliphatic carbocycles. The Morgan fingerprint density at radius 1 is 0.500 bits per heavy atom. The van der Waals surface area contributed by atoms with Gasteiger partial charge in [0.15, 0.2) is 48.9 Å². The maximum atomic E-state index is 14.4. The molecule has 0 unspecified atom stereocenters. The first-order chi connectivity index (χ1) is 44.8. The number of rotatable bonds is 25. The Labute approximate surface area is 533 Å². The summed E-state index contributed by atoms with van der Waals surface area (Å²) in [5.41, 5.74) is 0.420. The van der Waals surface area contributed by atoms with E-state index in [0.717, 1.165) is 26.0 Å². The third-order valence-electron chi connectivity index (χ3n) is 15.5. The summed E-state index contributed by atoms with van der Waals surface area (Å²) >= 11 is 0. The Morgan fingerprint density at radius 2 is 1.00 bits per heavy atom. The fraction of sp³-hybridized carbons (Fsp3) is 0.550. The van der Waals surface area contributed by atoms with Gasteiger partial charge in [-0.3, -0.25) is 9.59 Å². The number of carbonyl (C=O) groups excluding carboxylic acids is 5. The number of phenolic OH excluding ortho intramolecular Hbond substituents is 2. The second-order valence-corrected chi connectivity index (χ2v) is 22.0. The quantitative estimate of drug-likeness (QED) is 0.0215. The Bertz CT molecular complexity index is 3060. The standard InChI is InChI=1S/C60H74O34/c1-26(64)81-23-37-50(89-56-47(76)44(73)41(70)34(20-61)84-56)46(75)49(78)58(86-37)90-52-51(88-40(69)18-13-29-11-16-32(67)33(19-29)80-3)38(24-82-27(2)65)87-59(53(52)91-57-48(77)45(74)42(71)35(21-62)85-57)94-60(25-83-39(68)17-12-28-9-14-31(66)15-10-28)54(43(72)36(22-63)93-60)92-55(79)30-7-5-4-6-8-30/h4-19,34-38,41-54,56-59,61-63,66-67,70-78H,20-25H2,1-3H3/b17-12+,18-13+/t34-,35-,36-,37-,38-,41-,42-,43-,44+,45+,46-,47-,48-,49-,50-,51-,52+,53-,54+,56+,57+,58+,59-,60+/m1/s1. The van der Waals surface area contributed by atoms with Crippen molar-refractivity contribution in [2.75, 3.05) is 46.8 Å². The van der Waals surface area contributed by atoms with E-state index in [1.54, 1.807) is 6.07 Å². The maximum Gasteiger partial charge on any atom is 0.338 e. The highest BCUT2D eigenvalue weighted by molar-refractivity contribution is 5.90. The van der Waals surface area contributed by atoms with Gasteiger partial charge in [-0.2, -0.15) is 0 Å². The van der Waals surface area contributed by atoms with Crippen LogP contribution in [0.2, 0.25) is 0 Å². The molecular formula is C60H74O34. The summed E-state index contributed by atoms with van der Waals surface area (Å²) in [6.45, 7) is -4.45. The molecule has 0 amide bonds. The second kappa shape index (κ2) is 32.7. The third-order valence-corrected chi connectivity index (χ3v) is 15.5. The van der Waals surface area contributed by atoms with Crippen molar-refractivity contribution in [1.29, 1.82) is 0 Å². The largest absolute Gasteiger partial charge is 0.508 e. The van der Waals surface area contributed by atoms with Crippen molar-refractivity contribution in [1.82, 2.24) is 0 Å². The van der Waals surface area contributed by atoms with Gasteiger partial charge >= 0.3 is 29.8 Å². The molecule has 0 aromatic heterocycles. The Hall–Kier alpha value is -6.95. The molecule has 3 aromatic carbocycles. The summed E-state index contributed by atoms with van der Waals surface area (Å²) in [7, 11) is 1.25. The molecule has 34 nitrogen and oxygen atoms in total. The molecular weight excluding hydrogens is 1260 g/mol. The number of hydrogen-bond acceptors (Lipinski definition) is 34. The second-order valence-electron chi connectivity index (χ2n) is 22.0. The zero-order valence-electron chi connectivity index (χ0n) is 50.2. The summed E-state index contributed by atoms with van der Waals surface area (Å²) in [6.07, 6.45) is -45.4. The van der Waals surface area contributed by atoms with Gasteiger partial charge in [-0.15, -0.1) is 0 Å². The van der Waals surface area contributed by atoms with Gasteiger partial charge in [-0.25, -0.2) is 14.4 Å². The molecule has 0 radical (unpaired) electrons. The van der Waals surface area contributed by atoms with Crippen molar-refractivity contribution in [2.24, 2.45) is 0 Å². The number of aliphatic hydroxyl groups is 12. The molecule has 0 saturated carbocycles. The lowest BCUT2D eigenvalue weighted by Crippen LogP contribution is -2.69. The van der Waals surface area contributed by atoms with Crippen LogP contribution < -0.4 is 4.74 Å². The molecule has 94 heavy (non-hydrogen) atoms. The maximum absolute atomic E-state index is 14.4. The van der Waals surface area contributed by atoms with E-state index in [4.69, 9.17) is 71.1 Å². The van der Waals surface area contributed by atoms with Crippen LogP contribution in [-0.4, -0.2) is 295 Å². The summed E-state index contributed by atoms with van der Waals surface area (Å²) in [4.78, 5) is 67.5. The van der Waals surface area contributed by atoms with E-state index >= 15 is 0 Å². The van der Waals surface area contributed by atoms with Crippen molar-refractivity contribution in [3.8, 4) is 17.2 Å². The molecule has 5 aliphatic heterocycles. The molecule has 34 heteroatoms. The van der Waals surface area contributed by atoms with Crippen LogP contribution in [0.15, 0.2) is 84.9 Å². The normalized spacial score (nSPS) is 36.0. The molecule has 24 atom stereocenters. The number of aliphatic hydroxyl groups excluding tert-OH is 12. The molecule has 5 fully saturated rings. The number of ether oxygens (including phenoxy) is 15. The van der Waals surface area contributed by atoms with Gasteiger partial charge in [-0.1, -0.05) is 36.4 Å². The van der Waals surface area contributed by atoms with Crippen molar-refractivity contribution < 1.29 is 167 Å². The average molecular weight is 1340 g/mol. The van der Waals surface area contributed by atoms with Crippen LogP contribution in [0, 0.1) is 0 Å². The highest BCUT2D eigenvalue weighted by atomic mass is 16.8. The van der Waals surface area contributed by atoms with Crippen molar-refractivity contribution >= 4 is 42.0 Å². The Balaban J connectivity index is 1.29. The third kappa shape index (κ3) is 17.4. The number of esters is 5. The van der Waals surface area contributed by atoms with Crippen LogP contribution in [-0.2, 0) is 85.5 Å². The van der Waals surface area contributed by atoms with Crippen LogP contribution in [0.25, 0.3) is 12.2 Å². The van der Waals surface area contributed by atoms with Gasteiger partial charge in [-0.05, 0) is 59.7 Å². The zero-order chi connectivity index (χ0) is 68.3.